The van der Waals surface area contributed by atoms with E-state index in [0.717, 1.165) is 0 Å². The third-order valence-electron chi connectivity index (χ3n) is 1.52. The Bertz CT molecular complexity index is 278. The first-order valence-corrected chi connectivity index (χ1v) is 4.49. The average Bonchev–Trinajstić information content (AvgIpc) is 2.03. The van der Waals surface area contributed by atoms with E-state index >= 15 is 0 Å². The van der Waals surface area contributed by atoms with Gasteiger partial charge in [-0.05, 0) is 34.7 Å². The number of benzene rings is 1. The van der Waals surface area contributed by atoms with Crippen LogP contribution in [-0.2, 0) is 0 Å². The maximum atomic E-state index is 13.1. The zero-order valence-corrected chi connectivity index (χ0v) is 8.45. The highest BCUT2D eigenvalue weighted by atomic mass is 127. The molecule has 1 aromatic carbocycles. The van der Waals surface area contributed by atoms with Gasteiger partial charge in [-0.1, -0.05) is 12.1 Å². The molecule has 1 atom stereocenters. The second-order valence-corrected chi connectivity index (χ2v) is 3.48. The third kappa shape index (κ3) is 1.84. The van der Waals surface area contributed by atoms with Crippen LogP contribution in [0.1, 0.15) is 11.7 Å². The van der Waals surface area contributed by atoms with Crippen LogP contribution in [-0.4, -0.2) is 5.11 Å². The SMILES string of the molecule is C=CC(O)c1c(F)cccc1I. The van der Waals surface area contributed by atoms with Gasteiger partial charge in [0.1, 0.15) is 11.9 Å². The Hall–Kier alpha value is -0.420. The van der Waals surface area contributed by atoms with Gasteiger partial charge in [0, 0.05) is 9.13 Å². The van der Waals surface area contributed by atoms with Gasteiger partial charge in [-0.2, -0.15) is 0 Å². The van der Waals surface area contributed by atoms with E-state index in [0.29, 0.717) is 9.13 Å². The number of halogens is 2. The molecule has 0 amide bonds. The lowest BCUT2D eigenvalue weighted by molar-refractivity contribution is 0.222. The summed E-state index contributed by atoms with van der Waals surface area (Å²) in [5.74, 6) is -0.394. The number of rotatable bonds is 2. The fourth-order valence-corrected chi connectivity index (χ4v) is 1.70. The van der Waals surface area contributed by atoms with Crippen LogP contribution in [0.2, 0.25) is 0 Å². The van der Waals surface area contributed by atoms with E-state index in [2.05, 4.69) is 6.58 Å². The minimum Gasteiger partial charge on any atom is -0.384 e. The van der Waals surface area contributed by atoms with Crippen molar-refractivity contribution in [1.29, 1.82) is 0 Å². The van der Waals surface area contributed by atoms with Gasteiger partial charge >= 0.3 is 0 Å². The van der Waals surface area contributed by atoms with Crippen LogP contribution in [0, 0.1) is 9.39 Å². The highest BCUT2D eigenvalue weighted by Gasteiger charge is 2.12. The topological polar surface area (TPSA) is 20.2 Å². The molecule has 0 aliphatic carbocycles. The predicted molar refractivity (Wildman–Crippen MR) is 54.3 cm³/mol. The first kappa shape index (κ1) is 9.67. The molecule has 64 valence electrons. The monoisotopic (exact) mass is 278 g/mol. The number of aliphatic hydroxyl groups excluding tert-OH is 1. The molecule has 0 aliphatic rings. The van der Waals surface area contributed by atoms with Crippen molar-refractivity contribution in [3.05, 3.63) is 45.8 Å². The lowest BCUT2D eigenvalue weighted by Gasteiger charge is -2.08. The lowest BCUT2D eigenvalue weighted by Crippen LogP contribution is -1.99. The third-order valence-corrected chi connectivity index (χ3v) is 2.46. The molecule has 0 aliphatic heterocycles. The van der Waals surface area contributed by atoms with Crippen LogP contribution in [0.4, 0.5) is 4.39 Å². The van der Waals surface area contributed by atoms with E-state index in [1.807, 2.05) is 22.6 Å². The summed E-state index contributed by atoms with van der Waals surface area (Å²) in [6.07, 6.45) is 0.388. The molecule has 3 heteroatoms. The highest BCUT2D eigenvalue weighted by molar-refractivity contribution is 14.1. The van der Waals surface area contributed by atoms with E-state index < -0.39 is 11.9 Å². The maximum Gasteiger partial charge on any atom is 0.130 e. The molecule has 0 radical (unpaired) electrons. The molecule has 0 fully saturated rings. The van der Waals surface area contributed by atoms with Crippen molar-refractivity contribution < 1.29 is 9.50 Å². The minimum absolute atomic E-state index is 0.299. The normalized spacial score (nSPS) is 12.6. The van der Waals surface area contributed by atoms with Crippen LogP contribution < -0.4 is 0 Å². The molecular weight excluding hydrogens is 270 g/mol. The molecule has 1 nitrogen and oxygen atoms in total. The van der Waals surface area contributed by atoms with Crippen LogP contribution in [0.25, 0.3) is 0 Å². The molecule has 0 aromatic heterocycles. The smallest absolute Gasteiger partial charge is 0.130 e. The quantitative estimate of drug-likeness (QED) is 0.651. The van der Waals surface area contributed by atoms with Gasteiger partial charge in [0.25, 0.3) is 0 Å². The summed E-state index contributed by atoms with van der Waals surface area (Å²) in [6, 6.07) is 4.67. The van der Waals surface area contributed by atoms with Gasteiger partial charge < -0.3 is 5.11 Å². The second kappa shape index (κ2) is 4.00. The lowest BCUT2D eigenvalue weighted by atomic mass is 10.1. The summed E-state index contributed by atoms with van der Waals surface area (Å²) < 4.78 is 13.8. The highest BCUT2D eigenvalue weighted by Crippen LogP contribution is 2.23. The molecule has 12 heavy (non-hydrogen) atoms. The molecule has 1 rings (SSSR count). The van der Waals surface area contributed by atoms with Gasteiger partial charge in [0.05, 0.1) is 0 Å². The van der Waals surface area contributed by atoms with Gasteiger partial charge in [-0.15, -0.1) is 6.58 Å². The summed E-state index contributed by atoms with van der Waals surface area (Å²) in [4.78, 5) is 0. The fraction of sp³-hybridized carbons (Fsp3) is 0.111. The fourth-order valence-electron chi connectivity index (χ4n) is 0.911. The first-order valence-electron chi connectivity index (χ1n) is 3.41. The van der Waals surface area contributed by atoms with Gasteiger partial charge in [-0.3, -0.25) is 0 Å². The van der Waals surface area contributed by atoms with Gasteiger partial charge in [0.2, 0.25) is 0 Å². The van der Waals surface area contributed by atoms with Crippen molar-refractivity contribution in [1.82, 2.24) is 0 Å². The summed E-state index contributed by atoms with van der Waals surface area (Å²) in [7, 11) is 0. The largest absolute Gasteiger partial charge is 0.384 e. The van der Waals surface area contributed by atoms with Crippen molar-refractivity contribution in [2.75, 3.05) is 0 Å². The van der Waals surface area contributed by atoms with Crippen molar-refractivity contribution in [3.8, 4) is 0 Å². The molecule has 0 bridgehead atoms. The molecule has 0 heterocycles. The predicted octanol–water partition coefficient (Wildman–Crippen LogP) is 2.65. The van der Waals surface area contributed by atoms with Crippen LogP contribution >= 0.6 is 22.6 Å². The van der Waals surface area contributed by atoms with E-state index in [1.54, 1.807) is 12.1 Å². The summed E-state index contributed by atoms with van der Waals surface area (Å²) in [6.45, 7) is 3.40. The zero-order chi connectivity index (χ0) is 9.14. The summed E-state index contributed by atoms with van der Waals surface area (Å²) in [5, 5.41) is 9.33. The van der Waals surface area contributed by atoms with E-state index in [-0.39, 0.29) is 0 Å². The van der Waals surface area contributed by atoms with Crippen molar-refractivity contribution in [3.63, 3.8) is 0 Å². The molecule has 0 saturated carbocycles. The van der Waals surface area contributed by atoms with Crippen LogP contribution in [0.3, 0.4) is 0 Å². The Morgan fingerprint density at radius 2 is 2.25 bits per heavy atom. The zero-order valence-electron chi connectivity index (χ0n) is 6.30. The Morgan fingerprint density at radius 3 is 2.75 bits per heavy atom. The number of aliphatic hydroxyl groups is 1. The Labute approximate surface area is 84.1 Å². The van der Waals surface area contributed by atoms with Gasteiger partial charge in [-0.25, -0.2) is 4.39 Å². The second-order valence-electron chi connectivity index (χ2n) is 2.32. The first-order chi connectivity index (χ1) is 5.66. The molecule has 1 unspecified atom stereocenters. The van der Waals surface area contributed by atoms with E-state index in [1.165, 1.54) is 12.1 Å². The van der Waals surface area contributed by atoms with Crippen molar-refractivity contribution in [2.24, 2.45) is 0 Å². The molecule has 0 saturated heterocycles. The van der Waals surface area contributed by atoms with Crippen molar-refractivity contribution in [2.45, 2.75) is 6.10 Å². The van der Waals surface area contributed by atoms with Crippen LogP contribution in [0.15, 0.2) is 30.9 Å². The molecule has 0 spiro atoms. The Balaban J connectivity index is 3.20. The minimum atomic E-state index is -0.918. The summed E-state index contributed by atoms with van der Waals surface area (Å²) >= 11 is 1.98. The molecular formula is C9H8FIO. The summed E-state index contributed by atoms with van der Waals surface area (Å²) in [5.41, 5.74) is 0.299. The van der Waals surface area contributed by atoms with Crippen molar-refractivity contribution >= 4 is 22.6 Å². The molecule has 1 aromatic rings. The Kier molecular flexibility index (Phi) is 3.22. The maximum absolute atomic E-state index is 13.1. The van der Waals surface area contributed by atoms with E-state index in [9.17, 15) is 9.50 Å². The Morgan fingerprint density at radius 1 is 1.58 bits per heavy atom. The number of hydrogen-bond donors (Lipinski definition) is 1. The van der Waals surface area contributed by atoms with E-state index in [4.69, 9.17) is 0 Å². The number of hydrogen-bond acceptors (Lipinski definition) is 1. The average molecular weight is 278 g/mol. The van der Waals surface area contributed by atoms with Crippen LogP contribution in [0.5, 0.6) is 0 Å². The van der Waals surface area contributed by atoms with Gasteiger partial charge in [0.15, 0.2) is 0 Å². The molecule has 1 N–H and O–H groups in total. The standard InChI is InChI=1S/C9H8FIO/c1-2-8(12)9-6(10)4-3-5-7(9)11/h2-5,8,12H,1H2.